The van der Waals surface area contributed by atoms with Gasteiger partial charge in [0.15, 0.2) is 5.75 Å². The van der Waals surface area contributed by atoms with Crippen molar-refractivity contribution >= 4 is 17.7 Å². The van der Waals surface area contributed by atoms with Crippen molar-refractivity contribution in [3.63, 3.8) is 0 Å². The number of aromatic nitrogens is 1. The molecule has 1 amide bonds. The molecule has 1 aromatic heterocycles. The number of pyridine rings is 1. The number of amides is 1. The molecule has 0 aliphatic carbocycles. The Kier molecular flexibility index (Phi) is 3.31. The van der Waals surface area contributed by atoms with E-state index in [2.05, 4.69) is 4.98 Å². The molecule has 1 aliphatic heterocycles. The van der Waals surface area contributed by atoms with Crippen molar-refractivity contribution in [1.29, 1.82) is 0 Å². The average molecular weight is 252 g/mol. The van der Waals surface area contributed by atoms with Crippen LogP contribution in [0.15, 0.2) is 12.3 Å². The zero-order chi connectivity index (χ0) is 13.1. The summed E-state index contributed by atoms with van der Waals surface area (Å²) in [4.78, 5) is 27.0. The molecule has 2 heterocycles. The Labute approximate surface area is 103 Å². The molecule has 0 bridgehead atoms. The van der Waals surface area contributed by atoms with Gasteiger partial charge >= 0.3 is 12.1 Å². The number of anilines is 1. The highest BCUT2D eigenvalue weighted by molar-refractivity contribution is 5.88. The van der Waals surface area contributed by atoms with Crippen molar-refractivity contribution in [3.8, 4) is 5.75 Å². The molecule has 0 fully saturated rings. The molecule has 18 heavy (non-hydrogen) atoms. The van der Waals surface area contributed by atoms with E-state index in [1.165, 1.54) is 18.0 Å². The fourth-order valence-corrected chi connectivity index (χ4v) is 1.62. The number of rotatable bonds is 2. The van der Waals surface area contributed by atoms with Crippen molar-refractivity contribution in [3.05, 3.63) is 18.0 Å². The molecule has 7 nitrogen and oxygen atoms in total. The Morgan fingerprint density at radius 2 is 2.39 bits per heavy atom. The first-order chi connectivity index (χ1) is 8.58. The van der Waals surface area contributed by atoms with Crippen LogP contribution >= 0.6 is 0 Å². The Morgan fingerprint density at radius 1 is 1.61 bits per heavy atom. The van der Waals surface area contributed by atoms with Crippen LogP contribution in [0.5, 0.6) is 5.75 Å². The zero-order valence-electron chi connectivity index (χ0n) is 9.75. The summed E-state index contributed by atoms with van der Waals surface area (Å²) < 4.78 is 10.1. The van der Waals surface area contributed by atoms with Gasteiger partial charge in [-0.25, -0.2) is 4.79 Å². The van der Waals surface area contributed by atoms with Crippen LogP contribution in [0, 0.1) is 0 Å². The molecule has 0 spiro atoms. The van der Waals surface area contributed by atoms with E-state index in [4.69, 9.17) is 14.6 Å². The summed E-state index contributed by atoms with van der Waals surface area (Å²) in [6.45, 7) is 1.87. The molecule has 2 rings (SSSR count). The lowest BCUT2D eigenvalue weighted by molar-refractivity contribution is -0.142. The van der Waals surface area contributed by atoms with Gasteiger partial charge in [0, 0.05) is 6.92 Å². The number of fused-ring (bicyclic) bond motifs is 1. The molecule has 0 aromatic carbocycles. The number of carbonyl (C=O) groups excluding carboxylic acids is 1. The van der Waals surface area contributed by atoms with Gasteiger partial charge < -0.3 is 14.6 Å². The Balaban J connectivity index is 2.25. The van der Waals surface area contributed by atoms with E-state index in [1.54, 1.807) is 6.07 Å². The number of ether oxygens (including phenoxy) is 2. The van der Waals surface area contributed by atoms with Gasteiger partial charge in [0.2, 0.25) is 0 Å². The van der Waals surface area contributed by atoms with Gasteiger partial charge in [0.1, 0.15) is 13.2 Å². The van der Waals surface area contributed by atoms with Crippen molar-refractivity contribution in [2.24, 2.45) is 0 Å². The van der Waals surface area contributed by atoms with Crippen LogP contribution < -0.4 is 9.64 Å². The number of nitrogens with zero attached hydrogens (tertiary/aromatic N) is 2. The highest BCUT2D eigenvalue weighted by Crippen LogP contribution is 2.31. The summed E-state index contributed by atoms with van der Waals surface area (Å²) in [6, 6.07) is 1.55. The Bertz CT molecular complexity index is 488. The van der Waals surface area contributed by atoms with Crippen molar-refractivity contribution in [2.45, 2.75) is 13.5 Å². The molecule has 1 aromatic rings. The first-order valence-electron chi connectivity index (χ1n) is 5.33. The highest BCUT2D eigenvalue weighted by atomic mass is 16.5. The summed E-state index contributed by atoms with van der Waals surface area (Å²) in [5.74, 6) is -0.00362. The second-order valence-electron chi connectivity index (χ2n) is 3.71. The van der Waals surface area contributed by atoms with E-state index in [0.717, 1.165) is 0 Å². The second-order valence-corrected chi connectivity index (χ2v) is 3.71. The summed E-state index contributed by atoms with van der Waals surface area (Å²) in [5.41, 5.74) is 0.895. The predicted octanol–water partition coefficient (Wildman–Crippen LogP) is 1.02. The summed E-state index contributed by atoms with van der Waals surface area (Å²) in [5, 5.41) is 9.06. The van der Waals surface area contributed by atoms with Crippen LogP contribution in [-0.2, 0) is 16.1 Å². The van der Waals surface area contributed by atoms with E-state index in [-0.39, 0.29) is 13.2 Å². The molecule has 1 N–H and O–H groups in total. The Morgan fingerprint density at radius 3 is 3.06 bits per heavy atom. The van der Waals surface area contributed by atoms with Crippen LogP contribution in [0.4, 0.5) is 10.5 Å². The van der Waals surface area contributed by atoms with E-state index in [9.17, 15) is 9.59 Å². The van der Waals surface area contributed by atoms with Crippen LogP contribution in [0.25, 0.3) is 0 Å². The van der Waals surface area contributed by atoms with Crippen LogP contribution in [-0.4, -0.2) is 35.3 Å². The zero-order valence-corrected chi connectivity index (χ0v) is 9.75. The smallest absolute Gasteiger partial charge is 0.412 e. The molecule has 96 valence electrons. The number of hydrogen-bond donors (Lipinski definition) is 1. The maximum atomic E-state index is 11.1. The molecule has 7 heteroatoms. The van der Waals surface area contributed by atoms with E-state index < -0.39 is 12.1 Å². The number of carboxylic acid groups (broad SMARTS) is 1. The number of carbonyl (C=O) groups is 2. The lowest BCUT2D eigenvalue weighted by atomic mass is 10.2. The lowest BCUT2D eigenvalue weighted by Crippen LogP contribution is -2.37. The fraction of sp³-hybridized carbons (Fsp3) is 0.364. The Hall–Kier alpha value is -2.31. The van der Waals surface area contributed by atoms with Crippen LogP contribution in [0.1, 0.15) is 12.6 Å². The average Bonchev–Trinajstić information content (AvgIpc) is 2.35. The molecular weight excluding hydrogens is 240 g/mol. The van der Waals surface area contributed by atoms with Crippen molar-refractivity contribution in [2.75, 3.05) is 18.1 Å². The summed E-state index contributed by atoms with van der Waals surface area (Å²) in [6.07, 6.45) is 0.382. The molecule has 1 aliphatic rings. The maximum Gasteiger partial charge on any atom is 0.412 e. The molecule has 0 unspecified atom stereocenters. The normalized spacial score (nSPS) is 13.5. The summed E-state index contributed by atoms with van der Waals surface area (Å²) in [7, 11) is 0. The monoisotopic (exact) mass is 252 g/mol. The van der Waals surface area contributed by atoms with Crippen LogP contribution in [0.3, 0.4) is 0 Å². The standard InChI is InChI=1S/C11H12N2O5/c1-7(14)18-6-8-4-9-10(5-12-8)17-3-2-13(9)11(15)16/h4-5H,2-3,6H2,1H3,(H,15,16). The van der Waals surface area contributed by atoms with Gasteiger partial charge in [-0.2, -0.15) is 0 Å². The second kappa shape index (κ2) is 4.91. The predicted molar refractivity (Wildman–Crippen MR) is 60.6 cm³/mol. The minimum absolute atomic E-state index is 0.00999. The van der Waals surface area contributed by atoms with Crippen LogP contribution in [0.2, 0.25) is 0 Å². The van der Waals surface area contributed by atoms with Crippen molar-refractivity contribution in [1.82, 2.24) is 4.98 Å². The molecular formula is C11H12N2O5. The maximum absolute atomic E-state index is 11.1. The van der Waals surface area contributed by atoms with Gasteiger partial charge in [-0.3, -0.25) is 14.7 Å². The number of esters is 1. The molecule has 0 radical (unpaired) electrons. The van der Waals surface area contributed by atoms with E-state index in [0.29, 0.717) is 23.7 Å². The minimum atomic E-state index is -1.05. The lowest BCUT2D eigenvalue weighted by Gasteiger charge is -2.27. The first-order valence-corrected chi connectivity index (χ1v) is 5.33. The van der Waals surface area contributed by atoms with Gasteiger partial charge in [-0.1, -0.05) is 0 Å². The molecule has 0 saturated carbocycles. The SMILES string of the molecule is CC(=O)OCc1cc2c(cn1)OCCN2C(=O)O. The quantitative estimate of drug-likeness (QED) is 0.790. The van der Waals surface area contributed by atoms with Gasteiger partial charge in [-0.15, -0.1) is 0 Å². The van der Waals surface area contributed by atoms with Gasteiger partial charge in [0.25, 0.3) is 0 Å². The third-order valence-corrected chi connectivity index (χ3v) is 2.42. The summed E-state index contributed by atoms with van der Waals surface area (Å²) >= 11 is 0. The van der Waals surface area contributed by atoms with Gasteiger partial charge in [0.05, 0.1) is 24.1 Å². The topological polar surface area (TPSA) is 89.0 Å². The third-order valence-electron chi connectivity index (χ3n) is 2.42. The minimum Gasteiger partial charge on any atom is -0.488 e. The highest BCUT2D eigenvalue weighted by Gasteiger charge is 2.24. The van der Waals surface area contributed by atoms with E-state index >= 15 is 0 Å². The molecule has 0 atom stereocenters. The van der Waals surface area contributed by atoms with Crippen molar-refractivity contribution < 1.29 is 24.2 Å². The molecule has 0 saturated heterocycles. The fourth-order valence-electron chi connectivity index (χ4n) is 1.62. The first kappa shape index (κ1) is 12.2. The van der Waals surface area contributed by atoms with Gasteiger partial charge in [-0.05, 0) is 6.07 Å². The third kappa shape index (κ3) is 2.50. The van der Waals surface area contributed by atoms with E-state index in [1.807, 2.05) is 0 Å². The largest absolute Gasteiger partial charge is 0.488 e. The number of hydrogen-bond acceptors (Lipinski definition) is 5.